The van der Waals surface area contributed by atoms with E-state index in [1.165, 1.54) is 11.0 Å². The predicted octanol–water partition coefficient (Wildman–Crippen LogP) is 3.52. The smallest absolute Gasteiger partial charge is 0.407 e. The van der Waals surface area contributed by atoms with E-state index in [0.29, 0.717) is 37.5 Å². The highest BCUT2D eigenvalue weighted by Crippen LogP contribution is 2.46. The quantitative estimate of drug-likeness (QED) is 0.339. The average Bonchev–Trinajstić information content (AvgIpc) is 4.01. The van der Waals surface area contributed by atoms with Crippen molar-refractivity contribution in [2.45, 2.75) is 108 Å². The molecule has 3 fully saturated rings. The lowest BCUT2D eigenvalue weighted by atomic mass is 9.85. The highest BCUT2D eigenvalue weighted by molar-refractivity contribution is 7.91. The molecule has 1 saturated heterocycles. The Bertz CT molecular complexity index is 1860. The van der Waals surface area contributed by atoms with Crippen molar-refractivity contribution >= 4 is 44.6 Å². The fraction of sp³-hybridized carbons (Fsp3) is 0.595. The van der Waals surface area contributed by atoms with Crippen LogP contribution in [-0.2, 0) is 35.6 Å². The van der Waals surface area contributed by atoms with Crippen molar-refractivity contribution in [1.82, 2.24) is 25.2 Å². The molecule has 4 amide bonds. The van der Waals surface area contributed by atoms with Crippen LogP contribution < -0.4 is 24.8 Å². The van der Waals surface area contributed by atoms with Gasteiger partial charge in [-0.05, 0) is 81.0 Å². The molecular formula is C37H49N5O9S. The van der Waals surface area contributed by atoms with Crippen molar-refractivity contribution in [2.75, 3.05) is 19.8 Å². The Morgan fingerprint density at radius 2 is 1.94 bits per heavy atom. The zero-order valence-corrected chi connectivity index (χ0v) is 31.1. The number of hydrogen-bond donors (Lipinski definition) is 3. The summed E-state index contributed by atoms with van der Waals surface area (Å²) < 4.78 is 45.6. The Balaban J connectivity index is 1.35. The van der Waals surface area contributed by atoms with Crippen molar-refractivity contribution in [3.05, 3.63) is 42.6 Å². The molecule has 1 aromatic carbocycles. The van der Waals surface area contributed by atoms with Crippen LogP contribution in [-0.4, -0.2) is 90.9 Å². The molecule has 0 spiro atoms. The molecule has 4 bridgehead atoms. The first kappa shape index (κ1) is 37.4. The van der Waals surface area contributed by atoms with E-state index in [1.54, 1.807) is 27.0 Å². The highest BCUT2D eigenvalue weighted by Gasteiger charge is 2.62. The van der Waals surface area contributed by atoms with Crippen molar-refractivity contribution in [1.29, 1.82) is 0 Å². The van der Waals surface area contributed by atoms with Gasteiger partial charge in [0.1, 0.15) is 29.5 Å². The van der Waals surface area contributed by atoms with Gasteiger partial charge in [-0.25, -0.2) is 18.2 Å². The standard InChI is InChI=1S/C37H49N5O9S/c1-6-23-20-37(23,34(45)41-52(47,48)25-12-13-25)40-31(43)28-19-24-21-42(28)33(44)30(36(3,4)5)39-35(46)50-16-10-8-9-11-22-17-27-26(29(18-22)49-7-2)14-15-38-32(27)51-24/h6,14-15,17-18,23-25,28,30H,1,7-13,16,19-21H2,2-5H3,(H,39,46)(H,40,43)(H,41,45)/t23-,24-,28+,30-,37-/m1/s1. The zero-order chi connectivity index (χ0) is 37.4. The number of rotatable bonds is 8. The maximum atomic E-state index is 14.5. The molecule has 3 heterocycles. The topological polar surface area (TPSA) is 182 Å². The third kappa shape index (κ3) is 7.83. The first-order valence-corrected chi connectivity index (χ1v) is 19.7. The van der Waals surface area contributed by atoms with Crippen LogP contribution in [0.2, 0.25) is 0 Å². The Morgan fingerprint density at radius 3 is 2.62 bits per heavy atom. The summed E-state index contributed by atoms with van der Waals surface area (Å²) in [5, 5.41) is 6.44. The van der Waals surface area contributed by atoms with Gasteiger partial charge in [0.05, 0.1) is 25.0 Å². The van der Waals surface area contributed by atoms with Gasteiger partial charge in [0.15, 0.2) is 0 Å². The van der Waals surface area contributed by atoms with E-state index in [9.17, 15) is 27.6 Å². The summed E-state index contributed by atoms with van der Waals surface area (Å²) in [5.41, 5.74) is -1.31. The van der Waals surface area contributed by atoms with E-state index in [2.05, 4.69) is 26.9 Å². The number of aryl methyl sites for hydroxylation is 1. The average molecular weight is 740 g/mol. The van der Waals surface area contributed by atoms with Crippen LogP contribution >= 0.6 is 0 Å². The van der Waals surface area contributed by atoms with Gasteiger partial charge < -0.3 is 29.7 Å². The molecule has 15 heteroatoms. The molecule has 2 aliphatic heterocycles. The number of cyclic esters (lactones) is 1. The Morgan fingerprint density at radius 1 is 1.17 bits per heavy atom. The number of ether oxygens (including phenoxy) is 3. The number of nitrogens with zero attached hydrogens (tertiary/aromatic N) is 2. The van der Waals surface area contributed by atoms with Crippen LogP contribution in [0.5, 0.6) is 11.6 Å². The van der Waals surface area contributed by atoms with Gasteiger partial charge in [-0.1, -0.05) is 26.8 Å². The summed E-state index contributed by atoms with van der Waals surface area (Å²) in [7, 11) is -3.89. The van der Waals surface area contributed by atoms with E-state index < -0.39 is 74.1 Å². The molecule has 2 aromatic rings. The number of hydrogen-bond acceptors (Lipinski definition) is 10. The number of carbonyl (C=O) groups excluding carboxylic acids is 4. The zero-order valence-electron chi connectivity index (χ0n) is 30.2. The Labute approximate surface area is 304 Å². The Kier molecular flexibility index (Phi) is 10.5. The van der Waals surface area contributed by atoms with Crippen molar-refractivity contribution in [3.8, 4) is 11.6 Å². The van der Waals surface area contributed by atoms with Gasteiger partial charge in [0, 0.05) is 29.3 Å². The van der Waals surface area contributed by atoms with Crippen LogP contribution in [0.3, 0.4) is 0 Å². The van der Waals surface area contributed by atoms with Crippen molar-refractivity contribution in [3.63, 3.8) is 0 Å². The van der Waals surface area contributed by atoms with Gasteiger partial charge in [0.2, 0.25) is 27.7 Å². The highest BCUT2D eigenvalue weighted by atomic mass is 32.2. The van der Waals surface area contributed by atoms with Crippen molar-refractivity contribution < 1.29 is 41.8 Å². The number of pyridine rings is 1. The molecule has 2 aliphatic carbocycles. The number of nitrogens with one attached hydrogen (secondary N) is 3. The molecule has 6 rings (SSSR count). The molecule has 52 heavy (non-hydrogen) atoms. The number of sulfonamides is 1. The normalized spacial score (nSPS) is 27.0. The second-order valence-electron chi connectivity index (χ2n) is 15.3. The van der Waals surface area contributed by atoms with E-state index >= 15 is 0 Å². The number of aromatic nitrogens is 1. The van der Waals surface area contributed by atoms with E-state index in [1.807, 2.05) is 25.1 Å². The molecule has 14 nitrogen and oxygen atoms in total. The molecule has 1 aromatic heterocycles. The van der Waals surface area contributed by atoms with E-state index in [0.717, 1.165) is 35.6 Å². The number of alkyl carbamates (subject to hydrolysis) is 1. The van der Waals surface area contributed by atoms with Gasteiger partial charge in [-0.2, -0.15) is 0 Å². The summed E-state index contributed by atoms with van der Waals surface area (Å²) in [4.78, 5) is 61.1. The minimum Gasteiger partial charge on any atom is -0.493 e. The minimum absolute atomic E-state index is 0.0313. The van der Waals surface area contributed by atoms with E-state index in [4.69, 9.17) is 14.2 Å². The number of fused-ring (bicyclic) bond motifs is 3. The molecule has 282 valence electrons. The maximum Gasteiger partial charge on any atom is 0.407 e. The third-order valence-corrected chi connectivity index (χ3v) is 12.1. The lowest BCUT2D eigenvalue weighted by Crippen LogP contribution is -2.60. The van der Waals surface area contributed by atoms with Crippen LogP contribution in [0.4, 0.5) is 4.79 Å². The molecule has 0 unspecified atom stereocenters. The second-order valence-corrected chi connectivity index (χ2v) is 17.3. The summed E-state index contributed by atoms with van der Waals surface area (Å²) in [6.07, 6.45) is 5.81. The molecular weight excluding hydrogens is 691 g/mol. The molecule has 5 atom stereocenters. The number of benzene rings is 1. The lowest BCUT2D eigenvalue weighted by Gasteiger charge is -2.35. The first-order valence-electron chi connectivity index (χ1n) is 18.1. The fourth-order valence-electron chi connectivity index (χ4n) is 7.09. The Hall–Kier alpha value is -4.40. The molecule has 2 saturated carbocycles. The maximum absolute atomic E-state index is 14.5. The van der Waals surface area contributed by atoms with Gasteiger partial charge >= 0.3 is 6.09 Å². The number of carbonyl (C=O) groups is 4. The summed E-state index contributed by atoms with van der Waals surface area (Å²) >= 11 is 0. The van der Waals surface area contributed by atoms with Gasteiger partial charge in [0.25, 0.3) is 5.91 Å². The fourth-order valence-corrected chi connectivity index (χ4v) is 8.46. The summed E-state index contributed by atoms with van der Waals surface area (Å²) in [5.74, 6) is -1.53. The van der Waals surface area contributed by atoms with Gasteiger partial charge in [-0.15, -0.1) is 6.58 Å². The molecule has 0 radical (unpaired) electrons. The third-order valence-electron chi connectivity index (χ3n) is 10.3. The summed E-state index contributed by atoms with van der Waals surface area (Å²) in [6.45, 7) is 11.7. The monoisotopic (exact) mass is 739 g/mol. The number of amides is 4. The van der Waals surface area contributed by atoms with Crippen LogP contribution in [0.15, 0.2) is 37.1 Å². The molecule has 4 aliphatic rings. The van der Waals surface area contributed by atoms with E-state index in [-0.39, 0.29) is 26.0 Å². The predicted molar refractivity (Wildman–Crippen MR) is 192 cm³/mol. The SMILES string of the molecule is C=C[C@@H]1C[C@]1(NC(=O)[C@@H]1C[C@@H]2CN1C(=O)[C@H](C(C)(C)C)NC(=O)OCCCCCc1cc(OCC)c3ccnc(c3c1)O2)C(=O)NS(=O)(=O)C1CC1. The van der Waals surface area contributed by atoms with Crippen LogP contribution in [0.25, 0.3) is 10.8 Å². The second kappa shape index (κ2) is 14.6. The first-order chi connectivity index (χ1) is 24.7. The molecule has 3 N–H and O–H groups in total. The van der Waals surface area contributed by atoms with Crippen LogP contribution in [0.1, 0.15) is 78.2 Å². The van der Waals surface area contributed by atoms with Crippen molar-refractivity contribution in [2.24, 2.45) is 11.3 Å². The largest absolute Gasteiger partial charge is 0.493 e. The lowest BCUT2D eigenvalue weighted by molar-refractivity contribution is -0.142. The van der Waals surface area contributed by atoms with Crippen LogP contribution in [0, 0.1) is 11.3 Å². The summed E-state index contributed by atoms with van der Waals surface area (Å²) in [6, 6.07) is 3.67. The van der Waals surface area contributed by atoms with Gasteiger partial charge in [-0.3, -0.25) is 19.1 Å². The minimum atomic E-state index is -3.89.